The van der Waals surface area contributed by atoms with Gasteiger partial charge in [-0.1, -0.05) is 27.5 Å². The maximum atomic E-state index is 13.1. The van der Waals surface area contributed by atoms with E-state index in [-0.39, 0.29) is 23.6 Å². The third-order valence-corrected chi connectivity index (χ3v) is 5.80. The minimum Gasteiger partial charge on any atom is -0.508 e. The number of amides is 2. The Morgan fingerprint density at radius 2 is 1.79 bits per heavy atom. The average Bonchev–Trinajstić information content (AvgIpc) is 3.14. The molecule has 2 aromatic rings. The van der Waals surface area contributed by atoms with Crippen molar-refractivity contribution in [1.82, 2.24) is 4.90 Å². The number of hydroxylamine groups is 1. The number of benzene rings is 2. The highest BCUT2D eigenvalue weighted by Gasteiger charge is 2.60. The second-order valence-electron chi connectivity index (χ2n) is 7.14. The Hall–Kier alpha value is -2.09. The molecule has 0 spiro atoms. The van der Waals surface area contributed by atoms with Crippen LogP contribution in [0.2, 0.25) is 5.02 Å². The zero-order valence-corrected chi connectivity index (χ0v) is 17.5. The lowest BCUT2D eigenvalue weighted by atomic mass is 9.90. The number of hydrogen-bond donors (Lipinski definition) is 1. The van der Waals surface area contributed by atoms with E-state index in [1.165, 1.54) is 9.96 Å². The highest BCUT2D eigenvalue weighted by atomic mass is 79.9. The van der Waals surface area contributed by atoms with Crippen LogP contribution in [0, 0.1) is 5.92 Å². The summed E-state index contributed by atoms with van der Waals surface area (Å²) in [6.45, 7) is 3.58. The van der Waals surface area contributed by atoms with Crippen LogP contribution in [-0.2, 0) is 14.4 Å². The van der Waals surface area contributed by atoms with Crippen LogP contribution in [0.5, 0.6) is 5.75 Å². The lowest BCUT2D eigenvalue weighted by Crippen LogP contribution is -2.41. The fourth-order valence-corrected chi connectivity index (χ4v) is 4.34. The monoisotopic (exact) mass is 464 g/mol. The number of hydrogen-bond acceptors (Lipinski definition) is 5. The van der Waals surface area contributed by atoms with Crippen molar-refractivity contribution in [3.63, 3.8) is 0 Å². The molecule has 8 heteroatoms. The van der Waals surface area contributed by atoms with E-state index in [0.29, 0.717) is 16.3 Å². The lowest BCUT2D eigenvalue weighted by molar-refractivity contribution is -0.145. The van der Waals surface area contributed by atoms with Crippen molar-refractivity contribution in [1.29, 1.82) is 0 Å². The molecule has 0 aromatic heterocycles. The Morgan fingerprint density at radius 3 is 2.43 bits per heavy atom. The van der Waals surface area contributed by atoms with Gasteiger partial charge in [-0.15, -0.1) is 0 Å². The van der Waals surface area contributed by atoms with Crippen LogP contribution < -0.4 is 5.06 Å². The summed E-state index contributed by atoms with van der Waals surface area (Å²) in [7, 11) is 0. The molecule has 28 heavy (non-hydrogen) atoms. The van der Waals surface area contributed by atoms with E-state index in [1.807, 2.05) is 0 Å². The van der Waals surface area contributed by atoms with Crippen LogP contribution in [0.25, 0.3) is 0 Å². The van der Waals surface area contributed by atoms with Crippen molar-refractivity contribution in [2.75, 3.05) is 5.06 Å². The molecule has 2 heterocycles. The van der Waals surface area contributed by atoms with E-state index in [0.717, 1.165) is 4.47 Å². The Morgan fingerprint density at radius 1 is 1.11 bits per heavy atom. The van der Waals surface area contributed by atoms with Gasteiger partial charge in [-0.05, 0) is 56.3 Å². The Bertz CT molecular complexity index is 950. The highest BCUT2D eigenvalue weighted by Crippen LogP contribution is 2.49. The predicted molar refractivity (Wildman–Crippen MR) is 108 cm³/mol. The zero-order chi connectivity index (χ0) is 20.2. The van der Waals surface area contributed by atoms with Gasteiger partial charge in [-0.2, -0.15) is 0 Å². The first-order chi connectivity index (χ1) is 13.3. The molecular formula is C20H18BrClN2O4. The van der Waals surface area contributed by atoms with E-state index >= 15 is 0 Å². The molecule has 146 valence electrons. The summed E-state index contributed by atoms with van der Waals surface area (Å²) in [5.41, 5.74) is 1.14. The van der Waals surface area contributed by atoms with Crippen molar-refractivity contribution in [3.05, 3.63) is 57.5 Å². The first-order valence-electron chi connectivity index (χ1n) is 8.86. The summed E-state index contributed by atoms with van der Waals surface area (Å²) in [6.07, 6.45) is -0.936. The molecule has 2 fully saturated rings. The minimum atomic E-state index is -0.936. The summed E-state index contributed by atoms with van der Waals surface area (Å²) < 4.78 is 0.747. The van der Waals surface area contributed by atoms with Crippen LogP contribution in [0.3, 0.4) is 0 Å². The number of rotatable bonds is 3. The zero-order valence-electron chi connectivity index (χ0n) is 15.2. The van der Waals surface area contributed by atoms with Crippen molar-refractivity contribution < 1.29 is 19.5 Å². The van der Waals surface area contributed by atoms with Gasteiger partial charge >= 0.3 is 0 Å². The Balaban J connectivity index is 1.85. The van der Waals surface area contributed by atoms with Gasteiger partial charge in [0.05, 0.1) is 11.7 Å². The van der Waals surface area contributed by atoms with Gasteiger partial charge < -0.3 is 5.11 Å². The number of phenols is 1. The molecule has 2 amide bonds. The number of fused-ring (bicyclic) bond motifs is 1. The van der Waals surface area contributed by atoms with Crippen LogP contribution >= 0.6 is 27.5 Å². The predicted octanol–water partition coefficient (Wildman–Crippen LogP) is 4.06. The third-order valence-electron chi connectivity index (χ3n) is 5.06. The molecule has 1 N–H and O–H groups in total. The molecule has 0 saturated carbocycles. The molecule has 2 aliphatic rings. The molecule has 3 atom stereocenters. The van der Waals surface area contributed by atoms with Crippen LogP contribution in [0.15, 0.2) is 46.9 Å². The van der Waals surface area contributed by atoms with E-state index in [1.54, 1.807) is 56.3 Å². The molecule has 0 unspecified atom stereocenters. The molecule has 6 nitrogen and oxygen atoms in total. The number of anilines is 1. The number of nitrogens with zero attached hydrogens (tertiary/aromatic N) is 2. The van der Waals surface area contributed by atoms with Gasteiger partial charge in [0.15, 0.2) is 6.10 Å². The fourth-order valence-electron chi connectivity index (χ4n) is 3.83. The first kappa shape index (κ1) is 19.2. The number of imide groups is 1. The van der Waals surface area contributed by atoms with Crippen LogP contribution in [0.1, 0.15) is 25.5 Å². The topological polar surface area (TPSA) is 70.1 Å². The largest absolute Gasteiger partial charge is 0.508 e. The number of halogens is 2. The van der Waals surface area contributed by atoms with Crippen molar-refractivity contribution >= 4 is 45.0 Å². The molecule has 0 aliphatic carbocycles. The maximum absolute atomic E-state index is 13.1. The van der Waals surface area contributed by atoms with Gasteiger partial charge in [0, 0.05) is 21.1 Å². The summed E-state index contributed by atoms with van der Waals surface area (Å²) in [4.78, 5) is 33.2. The average molecular weight is 466 g/mol. The molecule has 2 aliphatic heterocycles. The normalized spacial score (nSPS) is 24.4. The highest BCUT2D eigenvalue weighted by molar-refractivity contribution is 9.10. The molecule has 0 radical (unpaired) electrons. The van der Waals surface area contributed by atoms with E-state index < -0.39 is 18.1 Å². The van der Waals surface area contributed by atoms with Crippen molar-refractivity contribution in [2.24, 2.45) is 5.92 Å². The molecule has 2 saturated heterocycles. The summed E-state index contributed by atoms with van der Waals surface area (Å²) in [6, 6.07) is 11.0. The number of phenolic OH excluding ortho intramolecular Hbond substituents is 1. The second kappa shape index (κ2) is 7.06. The lowest BCUT2D eigenvalue weighted by Gasteiger charge is -2.30. The number of carbonyl (C=O) groups is 2. The molecule has 0 bridgehead atoms. The van der Waals surface area contributed by atoms with Gasteiger partial charge in [0.25, 0.3) is 5.91 Å². The summed E-state index contributed by atoms with van der Waals surface area (Å²) in [5.74, 6) is -1.39. The minimum absolute atomic E-state index is 0.0275. The number of aromatic hydroxyl groups is 1. The smallest absolute Gasteiger partial charge is 0.262 e. The van der Waals surface area contributed by atoms with E-state index in [4.69, 9.17) is 16.4 Å². The molecular weight excluding hydrogens is 448 g/mol. The van der Waals surface area contributed by atoms with E-state index in [2.05, 4.69) is 15.9 Å². The van der Waals surface area contributed by atoms with E-state index in [9.17, 15) is 14.7 Å². The Kier molecular flexibility index (Phi) is 4.85. The number of carbonyl (C=O) groups excluding carboxylic acids is 2. The van der Waals surface area contributed by atoms with Crippen molar-refractivity contribution in [2.45, 2.75) is 32.0 Å². The summed E-state index contributed by atoms with van der Waals surface area (Å²) >= 11 is 9.41. The fraction of sp³-hybridized carbons (Fsp3) is 0.300. The van der Waals surface area contributed by atoms with Gasteiger partial charge in [-0.25, -0.2) is 5.06 Å². The second-order valence-corrected chi connectivity index (χ2v) is 8.49. The van der Waals surface area contributed by atoms with Crippen LogP contribution in [0.4, 0.5) is 5.69 Å². The maximum Gasteiger partial charge on any atom is 0.262 e. The SMILES string of the molecule is CC(C)N1C(=O)[C@H]2[C@@H](c3cc(Br)ccc3O)N(c3ccc(Cl)cc3)O[C@H]2C1=O. The van der Waals surface area contributed by atoms with Gasteiger partial charge in [-0.3, -0.25) is 19.3 Å². The standard InChI is InChI=1S/C20H18BrClN2O4/c1-10(2)23-19(26)16-17(14-9-11(21)3-8-15(14)25)24(28-18(16)20(23)27)13-6-4-12(22)5-7-13/h3-10,16-18,25H,1-2H3/t16-,17+,18+/m0/s1. The van der Waals surface area contributed by atoms with Gasteiger partial charge in [0.1, 0.15) is 11.7 Å². The quantitative estimate of drug-likeness (QED) is 0.692. The molecule has 2 aromatic carbocycles. The van der Waals surface area contributed by atoms with Crippen molar-refractivity contribution in [3.8, 4) is 5.75 Å². The Labute approximate surface area is 175 Å². The van der Waals surface area contributed by atoms with Crippen LogP contribution in [-0.4, -0.2) is 34.0 Å². The summed E-state index contributed by atoms with van der Waals surface area (Å²) in [5, 5.41) is 12.6. The first-order valence-corrected chi connectivity index (χ1v) is 10.0. The van der Waals surface area contributed by atoms with Gasteiger partial charge in [0.2, 0.25) is 5.91 Å². The molecule has 4 rings (SSSR count). The third kappa shape index (κ3) is 2.98. The number of likely N-dealkylation sites (tertiary alicyclic amines) is 1.